The van der Waals surface area contributed by atoms with Crippen LogP contribution in [0.1, 0.15) is 39.0 Å². The predicted molar refractivity (Wildman–Crippen MR) is 73.2 cm³/mol. The van der Waals surface area contributed by atoms with Crippen LogP contribution in [0.4, 0.5) is 4.79 Å². The summed E-state index contributed by atoms with van der Waals surface area (Å²) in [5.74, 6) is -0.931. The fraction of sp³-hybridized carbons (Fsp3) is 0.769. The Morgan fingerprint density at radius 3 is 2.50 bits per heavy atom. The van der Waals surface area contributed by atoms with Crippen LogP contribution in [-0.2, 0) is 9.59 Å². The molecule has 2 unspecified atom stereocenters. The lowest BCUT2D eigenvalue weighted by Gasteiger charge is -2.16. The molecule has 1 saturated carbocycles. The van der Waals surface area contributed by atoms with Crippen LogP contribution in [0.5, 0.6) is 0 Å². The zero-order valence-corrected chi connectivity index (χ0v) is 11.8. The SMILES string of the molecule is CC1CCCC(NC(=O)NCC(=O)NCC(=O)O)CC1. The third-order valence-corrected chi connectivity index (χ3v) is 3.44. The second-order valence-corrected chi connectivity index (χ2v) is 5.31. The molecule has 4 N–H and O–H groups in total. The maximum absolute atomic E-state index is 11.6. The minimum Gasteiger partial charge on any atom is -0.480 e. The summed E-state index contributed by atoms with van der Waals surface area (Å²) in [6.07, 6.45) is 5.31. The van der Waals surface area contributed by atoms with E-state index in [1.54, 1.807) is 0 Å². The van der Waals surface area contributed by atoms with Crippen molar-refractivity contribution in [3.8, 4) is 0 Å². The molecule has 3 amide bonds. The Morgan fingerprint density at radius 2 is 1.80 bits per heavy atom. The summed E-state index contributed by atoms with van der Waals surface area (Å²) in [6.45, 7) is 1.56. The van der Waals surface area contributed by atoms with Gasteiger partial charge in [0, 0.05) is 6.04 Å². The van der Waals surface area contributed by atoms with Crippen molar-refractivity contribution in [2.45, 2.75) is 45.1 Å². The van der Waals surface area contributed by atoms with Crippen LogP contribution in [0.15, 0.2) is 0 Å². The molecule has 2 atom stereocenters. The molecule has 0 heterocycles. The van der Waals surface area contributed by atoms with E-state index in [-0.39, 0.29) is 18.6 Å². The average molecular weight is 285 g/mol. The van der Waals surface area contributed by atoms with E-state index in [4.69, 9.17) is 5.11 Å². The van der Waals surface area contributed by atoms with Gasteiger partial charge in [-0.05, 0) is 25.2 Å². The van der Waals surface area contributed by atoms with Crippen LogP contribution >= 0.6 is 0 Å². The van der Waals surface area contributed by atoms with E-state index in [9.17, 15) is 14.4 Å². The van der Waals surface area contributed by atoms with Gasteiger partial charge < -0.3 is 21.1 Å². The molecule has 7 nitrogen and oxygen atoms in total. The summed E-state index contributed by atoms with van der Waals surface area (Å²) in [4.78, 5) is 33.1. The van der Waals surface area contributed by atoms with E-state index >= 15 is 0 Å². The van der Waals surface area contributed by atoms with Crippen molar-refractivity contribution < 1.29 is 19.5 Å². The van der Waals surface area contributed by atoms with Crippen molar-refractivity contribution in [3.05, 3.63) is 0 Å². The Hall–Kier alpha value is -1.79. The van der Waals surface area contributed by atoms with Gasteiger partial charge in [0.25, 0.3) is 0 Å². The third kappa shape index (κ3) is 6.96. The molecule has 20 heavy (non-hydrogen) atoms. The minimum absolute atomic E-state index is 0.155. The molecule has 114 valence electrons. The number of carboxylic acid groups (broad SMARTS) is 1. The van der Waals surface area contributed by atoms with Crippen LogP contribution in [0.3, 0.4) is 0 Å². The van der Waals surface area contributed by atoms with Crippen molar-refractivity contribution in [2.75, 3.05) is 13.1 Å². The Labute approximate surface area is 118 Å². The summed E-state index contributed by atoms with van der Waals surface area (Å²) in [7, 11) is 0. The summed E-state index contributed by atoms with van der Waals surface area (Å²) in [6, 6.07) is -0.225. The van der Waals surface area contributed by atoms with Crippen LogP contribution in [0, 0.1) is 5.92 Å². The van der Waals surface area contributed by atoms with Gasteiger partial charge in [-0.2, -0.15) is 0 Å². The van der Waals surface area contributed by atoms with Gasteiger partial charge in [0.15, 0.2) is 0 Å². The highest BCUT2D eigenvalue weighted by Crippen LogP contribution is 2.22. The molecule has 1 rings (SSSR count). The molecule has 0 radical (unpaired) electrons. The second kappa shape index (κ2) is 8.39. The largest absolute Gasteiger partial charge is 0.480 e. The van der Waals surface area contributed by atoms with Crippen LogP contribution in [0.2, 0.25) is 0 Å². The second-order valence-electron chi connectivity index (χ2n) is 5.31. The monoisotopic (exact) mass is 285 g/mol. The summed E-state index contributed by atoms with van der Waals surface area (Å²) >= 11 is 0. The molecule has 0 spiro atoms. The highest BCUT2D eigenvalue weighted by atomic mass is 16.4. The van der Waals surface area contributed by atoms with Gasteiger partial charge in [-0.3, -0.25) is 9.59 Å². The Balaban J connectivity index is 2.19. The van der Waals surface area contributed by atoms with Crippen molar-refractivity contribution >= 4 is 17.9 Å². The van der Waals surface area contributed by atoms with Crippen molar-refractivity contribution in [2.24, 2.45) is 5.92 Å². The Kier molecular flexibility index (Phi) is 6.83. The molecular formula is C13H23N3O4. The number of carbonyl (C=O) groups excluding carboxylic acids is 2. The lowest BCUT2D eigenvalue weighted by Crippen LogP contribution is -2.46. The number of amides is 3. The first-order valence-electron chi connectivity index (χ1n) is 7.00. The maximum atomic E-state index is 11.6. The minimum atomic E-state index is -1.12. The molecular weight excluding hydrogens is 262 g/mol. The van der Waals surface area contributed by atoms with Crippen LogP contribution in [-0.4, -0.2) is 42.1 Å². The standard InChI is InChI=1S/C13H23N3O4/c1-9-3-2-4-10(6-5-9)16-13(20)15-7-11(17)14-8-12(18)19/h9-10H,2-8H2,1H3,(H,14,17)(H,18,19)(H2,15,16,20). The molecule has 0 aromatic carbocycles. The predicted octanol–water partition coefficient (Wildman–Crippen LogP) is 0.455. The number of nitrogens with one attached hydrogen (secondary N) is 3. The zero-order chi connectivity index (χ0) is 15.0. The van der Waals surface area contributed by atoms with E-state index in [2.05, 4.69) is 22.9 Å². The van der Waals surface area contributed by atoms with E-state index in [1.165, 1.54) is 6.42 Å². The molecule has 1 aliphatic carbocycles. The number of carbonyl (C=O) groups is 3. The van der Waals surface area contributed by atoms with Gasteiger partial charge >= 0.3 is 12.0 Å². The summed E-state index contributed by atoms with van der Waals surface area (Å²) < 4.78 is 0. The third-order valence-electron chi connectivity index (χ3n) is 3.44. The molecule has 0 aromatic heterocycles. The summed E-state index contributed by atoms with van der Waals surface area (Å²) in [5, 5.41) is 15.8. The van der Waals surface area contributed by atoms with E-state index < -0.39 is 18.4 Å². The average Bonchev–Trinajstić information content (AvgIpc) is 2.59. The lowest BCUT2D eigenvalue weighted by molar-refractivity contribution is -0.137. The molecule has 1 aliphatic rings. The van der Waals surface area contributed by atoms with E-state index in [0.717, 1.165) is 25.7 Å². The van der Waals surface area contributed by atoms with Gasteiger partial charge in [-0.25, -0.2) is 4.79 Å². The normalized spacial score (nSPS) is 22.4. The molecule has 0 saturated heterocycles. The van der Waals surface area contributed by atoms with Crippen LogP contribution < -0.4 is 16.0 Å². The maximum Gasteiger partial charge on any atom is 0.322 e. The van der Waals surface area contributed by atoms with Gasteiger partial charge in [0.2, 0.25) is 5.91 Å². The summed E-state index contributed by atoms with van der Waals surface area (Å²) in [5.41, 5.74) is 0. The smallest absolute Gasteiger partial charge is 0.322 e. The number of aliphatic carboxylic acids is 1. The number of hydrogen-bond acceptors (Lipinski definition) is 3. The van der Waals surface area contributed by atoms with E-state index in [1.807, 2.05) is 0 Å². The highest BCUT2D eigenvalue weighted by Gasteiger charge is 2.18. The lowest BCUT2D eigenvalue weighted by atomic mass is 10.0. The van der Waals surface area contributed by atoms with Crippen LogP contribution in [0.25, 0.3) is 0 Å². The number of rotatable bonds is 5. The quantitative estimate of drug-likeness (QED) is 0.550. The fourth-order valence-electron chi connectivity index (χ4n) is 2.27. The first-order valence-corrected chi connectivity index (χ1v) is 7.00. The molecule has 0 aliphatic heterocycles. The van der Waals surface area contributed by atoms with Crippen molar-refractivity contribution in [1.29, 1.82) is 0 Å². The number of urea groups is 1. The number of carboxylic acids is 1. The van der Waals surface area contributed by atoms with Crippen molar-refractivity contribution in [1.82, 2.24) is 16.0 Å². The molecule has 1 fully saturated rings. The topological polar surface area (TPSA) is 108 Å². The first-order chi connectivity index (χ1) is 9.47. The molecule has 0 bridgehead atoms. The van der Waals surface area contributed by atoms with Gasteiger partial charge in [-0.15, -0.1) is 0 Å². The van der Waals surface area contributed by atoms with E-state index in [0.29, 0.717) is 5.92 Å². The van der Waals surface area contributed by atoms with Gasteiger partial charge in [0.05, 0.1) is 6.54 Å². The molecule has 7 heteroatoms. The Bertz CT molecular complexity index is 360. The van der Waals surface area contributed by atoms with Crippen molar-refractivity contribution in [3.63, 3.8) is 0 Å². The molecule has 0 aromatic rings. The zero-order valence-electron chi connectivity index (χ0n) is 11.8. The highest BCUT2D eigenvalue weighted by molar-refractivity contribution is 5.86. The number of hydrogen-bond donors (Lipinski definition) is 4. The fourth-order valence-corrected chi connectivity index (χ4v) is 2.27. The Morgan fingerprint density at radius 1 is 1.05 bits per heavy atom. The van der Waals surface area contributed by atoms with Gasteiger partial charge in [0.1, 0.15) is 6.54 Å². The first kappa shape index (κ1) is 16.3. The van der Waals surface area contributed by atoms with Gasteiger partial charge in [-0.1, -0.05) is 19.8 Å².